The Labute approximate surface area is 92.4 Å². The summed E-state index contributed by atoms with van der Waals surface area (Å²) in [4.78, 5) is 4.32. The molecule has 1 atom stereocenters. The summed E-state index contributed by atoms with van der Waals surface area (Å²) in [5, 5.41) is 3.49. The molecule has 1 heterocycles. The number of aryl methyl sites for hydroxylation is 1. The molecule has 82 valence electrons. The second kappa shape index (κ2) is 6.36. The van der Waals surface area contributed by atoms with Crippen LogP contribution in [0.3, 0.4) is 0 Å². The number of nitrogens with zero attached hydrogens (tertiary/aromatic N) is 1. The first-order valence-electron chi connectivity index (χ1n) is 5.55. The van der Waals surface area contributed by atoms with Gasteiger partial charge >= 0.3 is 0 Å². The Hall–Kier alpha value is -1.15. The van der Waals surface area contributed by atoms with Crippen LogP contribution < -0.4 is 5.32 Å². The molecular weight excluding hydrogens is 184 g/mol. The Morgan fingerprint density at radius 3 is 3.00 bits per heavy atom. The number of rotatable bonds is 6. The van der Waals surface area contributed by atoms with Gasteiger partial charge < -0.3 is 5.32 Å². The molecule has 0 spiro atoms. The highest BCUT2D eigenvalue weighted by molar-refractivity contribution is 5.22. The normalized spacial score (nSPS) is 12.4. The lowest BCUT2D eigenvalue weighted by molar-refractivity contribution is 0.515. The van der Waals surface area contributed by atoms with Crippen LogP contribution in [-0.2, 0) is 0 Å². The molecule has 1 unspecified atom stereocenters. The zero-order chi connectivity index (χ0) is 11.1. The van der Waals surface area contributed by atoms with Gasteiger partial charge in [0, 0.05) is 17.9 Å². The predicted molar refractivity (Wildman–Crippen MR) is 64.8 cm³/mol. The van der Waals surface area contributed by atoms with Gasteiger partial charge in [0.05, 0.1) is 0 Å². The van der Waals surface area contributed by atoms with Crippen molar-refractivity contribution in [3.63, 3.8) is 0 Å². The van der Waals surface area contributed by atoms with Crippen LogP contribution in [0.15, 0.2) is 31.0 Å². The van der Waals surface area contributed by atoms with Gasteiger partial charge in [-0.2, -0.15) is 0 Å². The fourth-order valence-electron chi connectivity index (χ4n) is 1.76. The second-order valence-electron chi connectivity index (χ2n) is 3.65. The van der Waals surface area contributed by atoms with Crippen molar-refractivity contribution >= 4 is 0 Å². The van der Waals surface area contributed by atoms with E-state index in [-0.39, 0.29) is 0 Å². The van der Waals surface area contributed by atoms with Crippen molar-refractivity contribution in [3.05, 3.63) is 42.2 Å². The van der Waals surface area contributed by atoms with Gasteiger partial charge in [-0.25, -0.2) is 0 Å². The van der Waals surface area contributed by atoms with Crippen LogP contribution in [0.4, 0.5) is 0 Å². The second-order valence-corrected chi connectivity index (χ2v) is 3.65. The van der Waals surface area contributed by atoms with Crippen molar-refractivity contribution in [2.75, 3.05) is 6.54 Å². The van der Waals surface area contributed by atoms with Gasteiger partial charge in [-0.05, 0) is 37.9 Å². The average molecular weight is 204 g/mol. The van der Waals surface area contributed by atoms with Crippen molar-refractivity contribution in [2.45, 2.75) is 32.7 Å². The van der Waals surface area contributed by atoms with Crippen molar-refractivity contribution in [3.8, 4) is 0 Å². The van der Waals surface area contributed by atoms with Crippen molar-refractivity contribution in [1.29, 1.82) is 0 Å². The van der Waals surface area contributed by atoms with Crippen molar-refractivity contribution in [2.24, 2.45) is 0 Å². The lowest BCUT2D eigenvalue weighted by Gasteiger charge is -2.18. The Bertz CT molecular complexity index is 307. The topological polar surface area (TPSA) is 24.9 Å². The quantitative estimate of drug-likeness (QED) is 0.720. The molecule has 0 aliphatic carbocycles. The van der Waals surface area contributed by atoms with Crippen LogP contribution in [-0.4, -0.2) is 11.5 Å². The smallest absolute Gasteiger partial charge is 0.0420 e. The molecule has 1 aromatic rings. The minimum Gasteiger partial charge on any atom is -0.310 e. The fraction of sp³-hybridized carbons (Fsp3) is 0.462. The van der Waals surface area contributed by atoms with E-state index in [9.17, 15) is 0 Å². The molecule has 0 aliphatic heterocycles. The highest BCUT2D eigenvalue weighted by Gasteiger charge is 2.11. The van der Waals surface area contributed by atoms with Crippen LogP contribution >= 0.6 is 0 Å². The van der Waals surface area contributed by atoms with Crippen molar-refractivity contribution in [1.82, 2.24) is 10.3 Å². The molecule has 0 radical (unpaired) electrons. The maximum Gasteiger partial charge on any atom is 0.0420 e. The van der Waals surface area contributed by atoms with Gasteiger partial charge in [0.2, 0.25) is 0 Å². The highest BCUT2D eigenvalue weighted by atomic mass is 14.9. The van der Waals surface area contributed by atoms with E-state index in [2.05, 4.69) is 36.8 Å². The van der Waals surface area contributed by atoms with E-state index in [1.165, 1.54) is 5.56 Å². The Morgan fingerprint density at radius 1 is 1.60 bits per heavy atom. The first kappa shape index (κ1) is 11.9. The summed E-state index contributed by atoms with van der Waals surface area (Å²) in [5.74, 6) is 0. The Kier molecular flexibility index (Phi) is 5.05. The first-order valence-corrected chi connectivity index (χ1v) is 5.55. The molecule has 0 saturated carbocycles. The number of hydrogen-bond acceptors (Lipinski definition) is 2. The molecule has 0 fully saturated rings. The zero-order valence-electron chi connectivity index (χ0n) is 9.66. The van der Waals surface area contributed by atoms with Crippen LogP contribution in [0.5, 0.6) is 0 Å². The van der Waals surface area contributed by atoms with E-state index in [0.717, 1.165) is 25.1 Å². The fourth-order valence-corrected chi connectivity index (χ4v) is 1.76. The van der Waals surface area contributed by atoms with E-state index in [4.69, 9.17) is 0 Å². The highest BCUT2D eigenvalue weighted by Crippen LogP contribution is 2.20. The maximum absolute atomic E-state index is 4.32. The molecule has 0 bridgehead atoms. The summed E-state index contributed by atoms with van der Waals surface area (Å²) in [6.45, 7) is 8.94. The third-order valence-corrected chi connectivity index (χ3v) is 2.53. The van der Waals surface area contributed by atoms with E-state index >= 15 is 0 Å². The molecule has 0 saturated heterocycles. The minimum absolute atomic E-state index is 0.404. The maximum atomic E-state index is 4.32. The summed E-state index contributed by atoms with van der Waals surface area (Å²) in [5.41, 5.74) is 2.42. The van der Waals surface area contributed by atoms with Gasteiger partial charge in [-0.3, -0.25) is 4.98 Å². The molecular formula is C13H20N2. The van der Waals surface area contributed by atoms with Crippen LogP contribution in [0.25, 0.3) is 0 Å². The standard InChI is InChI=1S/C13H20N2/c1-4-6-9-13(14-5-2)12-8-7-10-15-11(12)3/h4,7-8,10,13-14H,1,5-6,9H2,2-3H3. The van der Waals surface area contributed by atoms with Gasteiger partial charge in [0.15, 0.2) is 0 Å². The number of hydrogen-bond donors (Lipinski definition) is 1. The van der Waals surface area contributed by atoms with Gasteiger partial charge in [0.1, 0.15) is 0 Å². The molecule has 2 heteroatoms. The minimum atomic E-state index is 0.404. The van der Waals surface area contributed by atoms with Crippen molar-refractivity contribution < 1.29 is 0 Å². The van der Waals surface area contributed by atoms with Gasteiger partial charge in [-0.1, -0.05) is 19.1 Å². The lowest BCUT2D eigenvalue weighted by atomic mass is 10.0. The number of aromatic nitrogens is 1. The van der Waals surface area contributed by atoms with Crippen LogP contribution in [0.2, 0.25) is 0 Å². The zero-order valence-corrected chi connectivity index (χ0v) is 9.66. The lowest BCUT2D eigenvalue weighted by Crippen LogP contribution is -2.21. The Balaban J connectivity index is 2.78. The van der Waals surface area contributed by atoms with Gasteiger partial charge in [-0.15, -0.1) is 6.58 Å². The Morgan fingerprint density at radius 2 is 2.40 bits per heavy atom. The third kappa shape index (κ3) is 3.48. The predicted octanol–water partition coefficient (Wildman–Crippen LogP) is 3.01. The van der Waals surface area contributed by atoms with E-state index in [1.54, 1.807) is 0 Å². The number of pyridine rings is 1. The molecule has 1 aromatic heterocycles. The SMILES string of the molecule is C=CCCC(NCC)c1cccnc1C. The molecule has 0 amide bonds. The molecule has 0 aliphatic rings. The monoisotopic (exact) mass is 204 g/mol. The summed E-state index contributed by atoms with van der Waals surface area (Å²) in [6, 6.07) is 4.56. The van der Waals surface area contributed by atoms with E-state index < -0.39 is 0 Å². The van der Waals surface area contributed by atoms with E-state index in [0.29, 0.717) is 6.04 Å². The summed E-state index contributed by atoms with van der Waals surface area (Å²) in [6.07, 6.45) is 5.93. The largest absolute Gasteiger partial charge is 0.310 e. The summed E-state index contributed by atoms with van der Waals surface area (Å²) in [7, 11) is 0. The molecule has 15 heavy (non-hydrogen) atoms. The van der Waals surface area contributed by atoms with Gasteiger partial charge in [0.25, 0.3) is 0 Å². The third-order valence-electron chi connectivity index (χ3n) is 2.53. The summed E-state index contributed by atoms with van der Waals surface area (Å²) < 4.78 is 0. The first-order chi connectivity index (χ1) is 7.29. The molecule has 0 aromatic carbocycles. The molecule has 1 N–H and O–H groups in total. The van der Waals surface area contributed by atoms with Crippen LogP contribution in [0, 0.1) is 6.92 Å². The summed E-state index contributed by atoms with van der Waals surface area (Å²) >= 11 is 0. The van der Waals surface area contributed by atoms with E-state index in [1.807, 2.05) is 18.3 Å². The number of nitrogens with one attached hydrogen (secondary N) is 1. The molecule has 2 nitrogen and oxygen atoms in total. The number of allylic oxidation sites excluding steroid dienone is 1. The molecule has 1 rings (SSSR count). The van der Waals surface area contributed by atoms with Crippen LogP contribution in [0.1, 0.15) is 37.1 Å². The average Bonchev–Trinajstić information content (AvgIpc) is 2.25.